The van der Waals surface area contributed by atoms with Gasteiger partial charge in [-0.05, 0) is 44.0 Å². The van der Waals surface area contributed by atoms with Gasteiger partial charge < -0.3 is 4.90 Å². The van der Waals surface area contributed by atoms with Crippen LogP contribution in [0.15, 0.2) is 55.1 Å². The molecule has 4 rings (SSSR count). The zero-order chi connectivity index (χ0) is 17.2. The molecule has 0 spiro atoms. The van der Waals surface area contributed by atoms with Gasteiger partial charge in [0.2, 0.25) is 0 Å². The van der Waals surface area contributed by atoms with Crippen LogP contribution in [0.25, 0.3) is 5.82 Å². The molecular weight excluding hydrogens is 314 g/mol. The van der Waals surface area contributed by atoms with E-state index in [-0.39, 0.29) is 11.9 Å². The van der Waals surface area contributed by atoms with E-state index >= 15 is 0 Å². The Labute approximate surface area is 146 Å². The quantitative estimate of drug-likeness (QED) is 0.739. The molecule has 6 nitrogen and oxygen atoms in total. The zero-order valence-electron chi connectivity index (χ0n) is 14.0. The summed E-state index contributed by atoms with van der Waals surface area (Å²) < 4.78 is 1.95. The number of aromatic nitrogens is 4. The predicted molar refractivity (Wildman–Crippen MR) is 93.3 cm³/mol. The van der Waals surface area contributed by atoms with Crippen LogP contribution in [-0.4, -0.2) is 36.9 Å². The number of carbonyl (C=O) groups excluding carboxylic acids is 1. The molecular formula is C19H19N5O. The number of hydrogen-bond donors (Lipinski definition) is 0. The van der Waals surface area contributed by atoms with Gasteiger partial charge >= 0.3 is 0 Å². The van der Waals surface area contributed by atoms with E-state index in [2.05, 4.69) is 9.97 Å². The van der Waals surface area contributed by atoms with Gasteiger partial charge in [-0.15, -0.1) is 0 Å². The van der Waals surface area contributed by atoms with Crippen molar-refractivity contribution in [2.75, 3.05) is 6.54 Å². The Balaban J connectivity index is 1.65. The Bertz CT molecular complexity index is 890. The first-order valence-corrected chi connectivity index (χ1v) is 8.42. The van der Waals surface area contributed by atoms with Gasteiger partial charge in [0.15, 0.2) is 0 Å². The van der Waals surface area contributed by atoms with Gasteiger partial charge in [0.05, 0.1) is 17.3 Å². The van der Waals surface area contributed by atoms with Crippen LogP contribution < -0.4 is 0 Å². The number of rotatable bonds is 3. The number of aryl methyl sites for hydroxylation is 1. The van der Waals surface area contributed by atoms with Gasteiger partial charge in [-0.25, -0.2) is 9.97 Å². The lowest BCUT2D eigenvalue weighted by atomic mass is 10.1. The van der Waals surface area contributed by atoms with Crippen LogP contribution in [0, 0.1) is 6.92 Å². The third kappa shape index (κ3) is 2.91. The molecule has 3 aromatic rings. The van der Waals surface area contributed by atoms with E-state index in [0.29, 0.717) is 5.56 Å². The highest BCUT2D eigenvalue weighted by Crippen LogP contribution is 2.32. The number of likely N-dealkylation sites (tertiary alicyclic amines) is 1. The summed E-state index contributed by atoms with van der Waals surface area (Å²) in [5.74, 6) is 1.73. The topological polar surface area (TPSA) is 63.9 Å². The van der Waals surface area contributed by atoms with Crippen LogP contribution in [0.4, 0.5) is 0 Å². The lowest BCUT2D eigenvalue weighted by molar-refractivity contribution is 0.0732. The monoisotopic (exact) mass is 333 g/mol. The van der Waals surface area contributed by atoms with Crippen molar-refractivity contribution >= 4 is 5.91 Å². The molecule has 4 heterocycles. The maximum absolute atomic E-state index is 12.8. The fraction of sp³-hybridized carbons (Fsp3) is 0.263. The highest BCUT2D eigenvalue weighted by molar-refractivity contribution is 5.94. The summed E-state index contributed by atoms with van der Waals surface area (Å²) in [7, 11) is 0. The molecule has 1 fully saturated rings. The molecule has 0 radical (unpaired) electrons. The first kappa shape index (κ1) is 15.5. The van der Waals surface area contributed by atoms with E-state index in [1.54, 1.807) is 24.7 Å². The van der Waals surface area contributed by atoms with Crippen LogP contribution in [-0.2, 0) is 0 Å². The molecule has 0 aliphatic carbocycles. The van der Waals surface area contributed by atoms with Crippen molar-refractivity contribution in [1.82, 2.24) is 24.4 Å². The fourth-order valence-corrected chi connectivity index (χ4v) is 3.35. The van der Waals surface area contributed by atoms with Crippen molar-refractivity contribution in [3.05, 3.63) is 72.2 Å². The third-order valence-electron chi connectivity index (χ3n) is 4.59. The van der Waals surface area contributed by atoms with Crippen molar-refractivity contribution in [2.24, 2.45) is 0 Å². The van der Waals surface area contributed by atoms with Crippen molar-refractivity contribution in [2.45, 2.75) is 25.8 Å². The van der Waals surface area contributed by atoms with E-state index < -0.39 is 0 Å². The van der Waals surface area contributed by atoms with Gasteiger partial charge in [0.25, 0.3) is 5.91 Å². The lowest BCUT2D eigenvalue weighted by Gasteiger charge is -2.24. The number of hydrogen-bond acceptors (Lipinski definition) is 4. The van der Waals surface area contributed by atoms with E-state index in [1.807, 2.05) is 46.9 Å². The molecule has 3 aromatic heterocycles. The fourth-order valence-electron chi connectivity index (χ4n) is 3.35. The first-order chi connectivity index (χ1) is 12.2. The Morgan fingerprint density at radius 2 is 2.12 bits per heavy atom. The summed E-state index contributed by atoms with van der Waals surface area (Å²) in [5, 5.41) is 0. The van der Waals surface area contributed by atoms with Crippen LogP contribution in [0.2, 0.25) is 0 Å². The zero-order valence-corrected chi connectivity index (χ0v) is 14.0. The normalized spacial score (nSPS) is 17.0. The Morgan fingerprint density at radius 3 is 2.88 bits per heavy atom. The van der Waals surface area contributed by atoms with E-state index in [1.165, 1.54) is 0 Å². The number of carbonyl (C=O) groups is 1. The molecule has 0 aromatic carbocycles. The lowest BCUT2D eigenvalue weighted by Crippen LogP contribution is -2.31. The summed E-state index contributed by atoms with van der Waals surface area (Å²) in [5.41, 5.74) is 1.54. The van der Waals surface area contributed by atoms with Gasteiger partial charge in [-0.3, -0.25) is 14.3 Å². The van der Waals surface area contributed by atoms with E-state index in [0.717, 1.165) is 36.7 Å². The number of nitrogens with zero attached hydrogens (tertiary/aromatic N) is 5. The average Bonchev–Trinajstić information content (AvgIpc) is 3.31. The standard InChI is InChI=1S/C19H19N5O/c1-14-21-10-12-23(14)18-8-2-6-16(22-18)17-7-4-11-24(17)19(25)15-5-3-9-20-13-15/h2-3,5-6,8-10,12-13,17H,4,7,11H2,1H3/t17-/m1/s1. The van der Waals surface area contributed by atoms with Gasteiger partial charge in [0.1, 0.15) is 11.6 Å². The van der Waals surface area contributed by atoms with Crippen LogP contribution in [0.1, 0.15) is 40.8 Å². The first-order valence-electron chi connectivity index (χ1n) is 8.42. The minimum absolute atomic E-state index is 0.00326. The molecule has 1 amide bonds. The maximum Gasteiger partial charge on any atom is 0.255 e. The molecule has 1 saturated heterocycles. The molecule has 0 saturated carbocycles. The highest BCUT2D eigenvalue weighted by atomic mass is 16.2. The SMILES string of the molecule is Cc1nccn1-c1cccc([C@H]2CCCN2C(=O)c2cccnc2)n1. The Morgan fingerprint density at radius 1 is 1.20 bits per heavy atom. The number of imidazole rings is 1. The summed E-state index contributed by atoms with van der Waals surface area (Å²) in [4.78, 5) is 27.9. The van der Waals surface area contributed by atoms with Crippen LogP contribution in [0.5, 0.6) is 0 Å². The minimum atomic E-state index is -0.00326. The summed E-state index contributed by atoms with van der Waals surface area (Å²) in [6.07, 6.45) is 8.86. The second-order valence-corrected chi connectivity index (χ2v) is 6.16. The van der Waals surface area contributed by atoms with Crippen molar-refractivity contribution in [1.29, 1.82) is 0 Å². The van der Waals surface area contributed by atoms with Crippen LogP contribution in [0.3, 0.4) is 0 Å². The van der Waals surface area contributed by atoms with Gasteiger partial charge in [-0.2, -0.15) is 0 Å². The third-order valence-corrected chi connectivity index (χ3v) is 4.59. The molecule has 1 aliphatic heterocycles. The largest absolute Gasteiger partial charge is 0.330 e. The highest BCUT2D eigenvalue weighted by Gasteiger charge is 2.31. The minimum Gasteiger partial charge on any atom is -0.330 e. The molecule has 25 heavy (non-hydrogen) atoms. The molecule has 1 atom stereocenters. The summed E-state index contributed by atoms with van der Waals surface area (Å²) in [6, 6.07) is 9.54. The smallest absolute Gasteiger partial charge is 0.255 e. The predicted octanol–water partition coefficient (Wildman–Crippen LogP) is 2.95. The maximum atomic E-state index is 12.8. The van der Waals surface area contributed by atoms with Gasteiger partial charge in [0, 0.05) is 31.3 Å². The van der Waals surface area contributed by atoms with Gasteiger partial charge in [-0.1, -0.05) is 6.07 Å². The second-order valence-electron chi connectivity index (χ2n) is 6.16. The second kappa shape index (κ2) is 6.47. The Kier molecular flexibility index (Phi) is 4.01. The van der Waals surface area contributed by atoms with Crippen LogP contribution >= 0.6 is 0 Å². The van der Waals surface area contributed by atoms with Crippen molar-refractivity contribution < 1.29 is 4.79 Å². The molecule has 0 unspecified atom stereocenters. The average molecular weight is 333 g/mol. The molecule has 6 heteroatoms. The number of pyridine rings is 2. The van der Waals surface area contributed by atoms with E-state index in [4.69, 9.17) is 4.98 Å². The molecule has 126 valence electrons. The number of amides is 1. The molecule has 0 N–H and O–H groups in total. The molecule has 1 aliphatic rings. The summed E-state index contributed by atoms with van der Waals surface area (Å²) >= 11 is 0. The summed E-state index contributed by atoms with van der Waals surface area (Å²) in [6.45, 7) is 2.69. The molecule has 0 bridgehead atoms. The van der Waals surface area contributed by atoms with E-state index in [9.17, 15) is 4.79 Å². The Hall–Kier alpha value is -3.02. The van der Waals surface area contributed by atoms with Crippen molar-refractivity contribution in [3.63, 3.8) is 0 Å². The van der Waals surface area contributed by atoms with Crippen molar-refractivity contribution in [3.8, 4) is 5.82 Å².